The SMILES string of the molecule is NCCCCc1cn[nH]c1. The van der Waals surface area contributed by atoms with Crippen LogP contribution in [0.15, 0.2) is 12.4 Å². The van der Waals surface area contributed by atoms with Crippen LogP contribution < -0.4 is 5.73 Å². The van der Waals surface area contributed by atoms with Crippen LogP contribution in [0.5, 0.6) is 0 Å². The van der Waals surface area contributed by atoms with Crippen LogP contribution in [0.1, 0.15) is 18.4 Å². The number of nitrogens with two attached hydrogens (primary N) is 1. The predicted molar refractivity (Wildman–Crippen MR) is 40.6 cm³/mol. The average Bonchev–Trinajstić information content (AvgIpc) is 2.41. The molecule has 3 nitrogen and oxygen atoms in total. The Balaban J connectivity index is 2.15. The number of unbranched alkanes of at least 4 members (excludes halogenated alkanes) is 1. The predicted octanol–water partition coefficient (Wildman–Crippen LogP) is 0.691. The molecule has 0 aliphatic carbocycles. The highest BCUT2D eigenvalue weighted by Crippen LogP contribution is 2.00. The minimum atomic E-state index is 0.790. The molecule has 0 aromatic carbocycles. The van der Waals surface area contributed by atoms with Gasteiger partial charge in [0.25, 0.3) is 0 Å². The molecule has 0 saturated heterocycles. The third-order valence-electron chi connectivity index (χ3n) is 1.47. The van der Waals surface area contributed by atoms with Crippen molar-refractivity contribution in [3.63, 3.8) is 0 Å². The standard InChI is InChI=1S/C7H13N3/c8-4-2-1-3-7-5-9-10-6-7/h5-6H,1-4,8H2,(H,9,10). The fraction of sp³-hybridized carbons (Fsp3) is 0.571. The second-order valence-electron chi connectivity index (χ2n) is 2.35. The van der Waals surface area contributed by atoms with Crippen LogP contribution >= 0.6 is 0 Å². The molecule has 0 saturated carbocycles. The molecule has 0 spiro atoms. The number of aromatic nitrogens is 2. The van der Waals surface area contributed by atoms with E-state index in [1.807, 2.05) is 12.4 Å². The van der Waals surface area contributed by atoms with Crippen molar-refractivity contribution in [2.75, 3.05) is 6.54 Å². The van der Waals surface area contributed by atoms with Crippen LogP contribution in [0, 0.1) is 0 Å². The molecule has 3 N–H and O–H groups in total. The Morgan fingerprint density at radius 3 is 3.00 bits per heavy atom. The molecule has 0 aliphatic rings. The Kier molecular flexibility index (Phi) is 2.96. The molecule has 56 valence electrons. The van der Waals surface area contributed by atoms with E-state index in [4.69, 9.17) is 5.73 Å². The summed E-state index contributed by atoms with van der Waals surface area (Å²) in [5.74, 6) is 0. The molecule has 0 fully saturated rings. The lowest BCUT2D eigenvalue weighted by Gasteiger charge is -1.93. The Morgan fingerprint density at radius 1 is 1.50 bits per heavy atom. The van der Waals surface area contributed by atoms with Gasteiger partial charge in [-0.1, -0.05) is 0 Å². The number of hydrogen-bond donors (Lipinski definition) is 2. The first-order valence-electron chi connectivity index (χ1n) is 3.61. The number of aromatic amines is 1. The van der Waals surface area contributed by atoms with Crippen molar-refractivity contribution in [1.82, 2.24) is 10.2 Å². The van der Waals surface area contributed by atoms with Crippen molar-refractivity contribution in [2.24, 2.45) is 5.73 Å². The second-order valence-corrected chi connectivity index (χ2v) is 2.35. The lowest BCUT2D eigenvalue weighted by molar-refractivity contribution is 0.745. The molecule has 0 aliphatic heterocycles. The lowest BCUT2D eigenvalue weighted by atomic mass is 10.1. The van der Waals surface area contributed by atoms with Gasteiger partial charge in [-0.05, 0) is 31.4 Å². The maximum Gasteiger partial charge on any atom is 0.0519 e. The molecule has 0 amide bonds. The quantitative estimate of drug-likeness (QED) is 0.603. The van der Waals surface area contributed by atoms with Gasteiger partial charge < -0.3 is 5.73 Å². The molecule has 1 aromatic rings. The number of H-pyrrole nitrogens is 1. The smallest absolute Gasteiger partial charge is 0.0519 e. The Hall–Kier alpha value is -0.830. The van der Waals surface area contributed by atoms with Gasteiger partial charge in [0.15, 0.2) is 0 Å². The first kappa shape index (κ1) is 7.28. The first-order chi connectivity index (χ1) is 4.93. The zero-order chi connectivity index (χ0) is 7.23. The summed E-state index contributed by atoms with van der Waals surface area (Å²) in [5.41, 5.74) is 6.62. The summed E-state index contributed by atoms with van der Waals surface area (Å²) in [4.78, 5) is 0. The third kappa shape index (κ3) is 2.19. The summed E-state index contributed by atoms with van der Waals surface area (Å²) >= 11 is 0. The summed E-state index contributed by atoms with van der Waals surface area (Å²) in [6, 6.07) is 0. The zero-order valence-corrected chi connectivity index (χ0v) is 6.01. The van der Waals surface area contributed by atoms with Gasteiger partial charge in [0.2, 0.25) is 0 Å². The molecule has 0 atom stereocenters. The van der Waals surface area contributed by atoms with Crippen LogP contribution in [0.25, 0.3) is 0 Å². The maximum absolute atomic E-state index is 5.34. The third-order valence-corrected chi connectivity index (χ3v) is 1.47. The minimum Gasteiger partial charge on any atom is -0.330 e. The number of hydrogen-bond acceptors (Lipinski definition) is 2. The fourth-order valence-electron chi connectivity index (χ4n) is 0.888. The first-order valence-corrected chi connectivity index (χ1v) is 3.61. The van der Waals surface area contributed by atoms with E-state index in [0.717, 1.165) is 25.8 Å². The van der Waals surface area contributed by atoms with Crippen molar-refractivity contribution in [3.8, 4) is 0 Å². The average molecular weight is 139 g/mol. The van der Waals surface area contributed by atoms with Gasteiger partial charge in [0.05, 0.1) is 6.20 Å². The molecule has 0 unspecified atom stereocenters. The highest BCUT2D eigenvalue weighted by Gasteiger charge is 1.91. The van der Waals surface area contributed by atoms with E-state index in [9.17, 15) is 0 Å². The summed E-state index contributed by atoms with van der Waals surface area (Å²) < 4.78 is 0. The normalized spacial score (nSPS) is 10.1. The molecule has 0 bridgehead atoms. The van der Waals surface area contributed by atoms with Crippen LogP contribution in [-0.4, -0.2) is 16.7 Å². The van der Waals surface area contributed by atoms with E-state index in [0.29, 0.717) is 0 Å². The molecule has 10 heavy (non-hydrogen) atoms. The van der Waals surface area contributed by atoms with Crippen LogP contribution in [0.3, 0.4) is 0 Å². The van der Waals surface area contributed by atoms with Gasteiger partial charge in [-0.3, -0.25) is 5.10 Å². The second kappa shape index (κ2) is 4.06. The molecule has 0 radical (unpaired) electrons. The summed E-state index contributed by atoms with van der Waals surface area (Å²) in [6.07, 6.45) is 7.14. The largest absolute Gasteiger partial charge is 0.330 e. The molecule has 1 aromatic heterocycles. The topological polar surface area (TPSA) is 54.7 Å². The van der Waals surface area contributed by atoms with Gasteiger partial charge in [-0.25, -0.2) is 0 Å². The lowest BCUT2D eigenvalue weighted by Crippen LogP contribution is -1.98. The van der Waals surface area contributed by atoms with Crippen LogP contribution in [-0.2, 0) is 6.42 Å². The van der Waals surface area contributed by atoms with E-state index in [-0.39, 0.29) is 0 Å². The summed E-state index contributed by atoms with van der Waals surface area (Å²) in [7, 11) is 0. The molecular formula is C7H13N3. The highest BCUT2D eigenvalue weighted by atomic mass is 15.1. The molecule has 3 heteroatoms. The van der Waals surface area contributed by atoms with E-state index >= 15 is 0 Å². The van der Waals surface area contributed by atoms with Gasteiger partial charge >= 0.3 is 0 Å². The van der Waals surface area contributed by atoms with Gasteiger partial charge in [0.1, 0.15) is 0 Å². The number of rotatable bonds is 4. The van der Waals surface area contributed by atoms with E-state index in [2.05, 4.69) is 10.2 Å². The summed E-state index contributed by atoms with van der Waals surface area (Å²) in [6.45, 7) is 0.790. The van der Waals surface area contributed by atoms with Crippen LogP contribution in [0.2, 0.25) is 0 Å². The van der Waals surface area contributed by atoms with E-state index in [1.165, 1.54) is 5.56 Å². The minimum absolute atomic E-state index is 0.790. The Bertz CT molecular complexity index is 157. The van der Waals surface area contributed by atoms with E-state index in [1.54, 1.807) is 0 Å². The number of nitrogens with one attached hydrogen (secondary N) is 1. The highest BCUT2D eigenvalue weighted by molar-refractivity contribution is 5.01. The monoisotopic (exact) mass is 139 g/mol. The van der Waals surface area contributed by atoms with Crippen LogP contribution in [0.4, 0.5) is 0 Å². The van der Waals surface area contributed by atoms with Gasteiger partial charge in [0, 0.05) is 6.20 Å². The fourth-order valence-corrected chi connectivity index (χ4v) is 0.888. The molecule has 1 heterocycles. The van der Waals surface area contributed by atoms with Crippen molar-refractivity contribution in [1.29, 1.82) is 0 Å². The molecule has 1 rings (SSSR count). The van der Waals surface area contributed by atoms with Crippen molar-refractivity contribution in [3.05, 3.63) is 18.0 Å². The molecular weight excluding hydrogens is 126 g/mol. The van der Waals surface area contributed by atoms with Crippen molar-refractivity contribution in [2.45, 2.75) is 19.3 Å². The Morgan fingerprint density at radius 2 is 2.40 bits per heavy atom. The van der Waals surface area contributed by atoms with Crippen molar-refractivity contribution >= 4 is 0 Å². The number of aryl methyl sites for hydroxylation is 1. The number of nitrogens with zero attached hydrogens (tertiary/aromatic N) is 1. The van der Waals surface area contributed by atoms with E-state index < -0.39 is 0 Å². The Labute approximate surface area is 60.6 Å². The maximum atomic E-state index is 5.34. The van der Waals surface area contributed by atoms with Gasteiger partial charge in [-0.15, -0.1) is 0 Å². The summed E-state index contributed by atoms with van der Waals surface area (Å²) in [5, 5.41) is 6.62. The van der Waals surface area contributed by atoms with Crippen molar-refractivity contribution < 1.29 is 0 Å². The van der Waals surface area contributed by atoms with Gasteiger partial charge in [-0.2, -0.15) is 5.10 Å². The zero-order valence-electron chi connectivity index (χ0n) is 6.01.